The molecule has 0 aliphatic carbocycles. The van der Waals surface area contributed by atoms with E-state index in [4.69, 9.17) is 0 Å². The van der Waals surface area contributed by atoms with Crippen molar-refractivity contribution in [2.45, 2.75) is 38.8 Å². The Morgan fingerprint density at radius 3 is 3.00 bits per heavy atom. The number of carbonyl (C=O) groups is 1. The lowest BCUT2D eigenvalue weighted by Gasteiger charge is -2.15. The maximum Gasteiger partial charge on any atom is 0.315 e. The number of rotatable bonds is 3. The molecule has 76 valence electrons. The van der Waals surface area contributed by atoms with Crippen molar-refractivity contribution in [1.82, 2.24) is 10.6 Å². The predicted octanol–water partition coefficient (Wildman–Crippen LogP) is 1.59. The molecular formula is C9H18N2OS. The van der Waals surface area contributed by atoms with Gasteiger partial charge in [-0.25, -0.2) is 4.79 Å². The van der Waals surface area contributed by atoms with Crippen LogP contribution in [0.25, 0.3) is 0 Å². The smallest absolute Gasteiger partial charge is 0.315 e. The average molecular weight is 202 g/mol. The van der Waals surface area contributed by atoms with Crippen LogP contribution < -0.4 is 10.6 Å². The van der Waals surface area contributed by atoms with Crippen LogP contribution in [0.1, 0.15) is 26.7 Å². The molecule has 2 atom stereocenters. The quantitative estimate of drug-likeness (QED) is 0.729. The highest BCUT2D eigenvalue weighted by Crippen LogP contribution is 2.16. The highest BCUT2D eigenvalue weighted by molar-refractivity contribution is 7.99. The van der Waals surface area contributed by atoms with E-state index in [2.05, 4.69) is 17.6 Å². The zero-order valence-electron chi connectivity index (χ0n) is 8.30. The van der Waals surface area contributed by atoms with Crippen molar-refractivity contribution in [2.24, 2.45) is 0 Å². The second-order valence-corrected chi connectivity index (χ2v) is 4.64. The first-order valence-corrected chi connectivity index (χ1v) is 6.02. The Hall–Kier alpha value is -0.380. The van der Waals surface area contributed by atoms with Crippen LogP contribution in [0.3, 0.4) is 0 Å². The van der Waals surface area contributed by atoms with E-state index in [9.17, 15) is 4.79 Å². The Kier molecular flexibility index (Phi) is 4.42. The molecule has 1 rings (SSSR count). The van der Waals surface area contributed by atoms with Gasteiger partial charge < -0.3 is 10.6 Å². The topological polar surface area (TPSA) is 41.1 Å². The minimum Gasteiger partial charge on any atom is -0.336 e. The molecule has 0 aromatic carbocycles. The van der Waals surface area contributed by atoms with Gasteiger partial charge >= 0.3 is 6.03 Å². The summed E-state index contributed by atoms with van der Waals surface area (Å²) in [7, 11) is 0. The molecule has 0 aromatic rings. The van der Waals surface area contributed by atoms with Crippen LogP contribution in [0.5, 0.6) is 0 Å². The van der Waals surface area contributed by atoms with Crippen LogP contribution in [0.4, 0.5) is 4.79 Å². The van der Waals surface area contributed by atoms with Crippen molar-refractivity contribution in [3.05, 3.63) is 0 Å². The second kappa shape index (κ2) is 5.37. The Morgan fingerprint density at radius 1 is 1.69 bits per heavy atom. The molecule has 0 spiro atoms. The van der Waals surface area contributed by atoms with Gasteiger partial charge in [-0.3, -0.25) is 0 Å². The lowest BCUT2D eigenvalue weighted by molar-refractivity contribution is 0.234. The fourth-order valence-corrected chi connectivity index (χ4v) is 2.35. The highest BCUT2D eigenvalue weighted by Gasteiger charge is 2.17. The number of hydrogen-bond donors (Lipinski definition) is 2. The molecule has 1 aliphatic rings. The summed E-state index contributed by atoms with van der Waals surface area (Å²) in [5, 5.41) is 5.87. The largest absolute Gasteiger partial charge is 0.336 e. The van der Waals surface area contributed by atoms with E-state index in [1.165, 1.54) is 5.75 Å². The van der Waals surface area contributed by atoms with Crippen molar-refractivity contribution in [3.8, 4) is 0 Å². The summed E-state index contributed by atoms with van der Waals surface area (Å²) < 4.78 is 0. The molecule has 1 aliphatic heterocycles. The van der Waals surface area contributed by atoms with Gasteiger partial charge in [-0.15, -0.1) is 0 Å². The van der Waals surface area contributed by atoms with E-state index < -0.39 is 0 Å². The average Bonchev–Trinajstić information content (AvgIpc) is 2.56. The molecule has 0 bridgehead atoms. The molecule has 4 heteroatoms. The van der Waals surface area contributed by atoms with Gasteiger partial charge in [0, 0.05) is 17.8 Å². The summed E-state index contributed by atoms with van der Waals surface area (Å²) in [6, 6.07) is 0.643. The van der Waals surface area contributed by atoms with Crippen LogP contribution in [0, 0.1) is 0 Å². The molecule has 2 amide bonds. The Morgan fingerprint density at radius 2 is 2.46 bits per heavy atom. The fourth-order valence-electron chi connectivity index (χ4n) is 1.20. The molecule has 1 fully saturated rings. The van der Waals surface area contributed by atoms with Crippen molar-refractivity contribution >= 4 is 17.8 Å². The van der Waals surface area contributed by atoms with Gasteiger partial charge in [0.05, 0.1) is 0 Å². The molecule has 0 radical (unpaired) electrons. The van der Waals surface area contributed by atoms with Gasteiger partial charge in [0.25, 0.3) is 0 Å². The lowest BCUT2D eigenvalue weighted by Crippen LogP contribution is -2.45. The van der Waals surface area contributed by atoms with Crippen LogP contribution in [0.15, 0.2) is 0 Å². The van der Waals surface area contributed by atoms with Crippen molar-refractivity contribution in [2.75, 3.05) is 11.5 Å². The SMILES string of the molecule is CCC(C)NC(=O)NC1CCSC1. The van der Waals surface area contributed by atoms with E-state index in [0.29, 0.717) is 6.04 Å². The number of carbonyl (C=O) groups excluding carboxylic acids is 1. The van der Waals surface area contributed by atoms with Crippen LogP contribution >= 0.6 is 11.8 Å². The lowest BCUT2D eigenvalue weighted by atomic mass is 10.2. The standard InChI is InChI=1S/C9H18N2OS/c1-3-7(2)10-9(12)11-8-4-5-13-6-8/h7-8H,3-6H2,1-2H3,(H2,10,11,12). The zero-order valence-corrected chi connectivity index (χ0v) is 9.12. The third-order valence-electron chi connectivity index (χ3n) is 2.25. The summed E-state index contributed by atoms with van der Waals surface area (Å²) in [6.45, 7) is 4.08. The van der Waals surface area contributed by atoms with E-state index in [1.807, 2.05) is 18.7 Å². The monoisotopic (exact) mass is 202 g/mol. The van der Waals surface area contributed by atoms with Crippen molar-refractivity contribution in [1.29, 1.82) is 0 Å². The first kappa shape index (κ1) is 10.7. The van der Waals surface area contributed by atoms with Gasteiger partial charge in [-0.2, -0.15) is 11.8 Å². The molecular weight excluding hydrogens is 184 g/mol. The molecule has 2 N–H and O–H groups in total. The number of hydrogen-bond acceptors (Lipinski definition) is 2. The van der Waals surface area contributed by atoms with Crippen LogP contribution in [-0.2, 0) is 0 Å². The molecule has 1 saturated heterocycles. The van der Waals surface area contributed by atoms with Crippen LogP contribution in [0.2, 0.25) is 0 Å². The molecule has 3 nitrogen and oxygen atoms in total. The Bertz CT molecular complexity index is 169. The second-order valence-electron chi connectivity index (χ2n) is 3.49. The first-order chi connectivity index (χ1) is 6.22. The number of amides is 2. The summed E-state index contributed by atoms with van der Waals surface area (Å²) in [5.41, 5.74) is 0. The first-order valence-electron chi connectivity index (χ1n) is 4.87. The van der Waals surface area contributed by atoms with E-state index >= 15 is 0 Å². The molecule has 0 saturated carbocycles. The van der Waals surface area contributed by atoms with Gasteiger partial charge in [-0.1, -0.05) is 6.92 Å². The van der Waals surface area contributed by atoms with Gasteiger partial charge in [0.15, 0.2) is 0 Å². The van der Waals surface area contributed by atoms with E-state index in [1.54, 1.807) is 0 Å². The molecule has 13 heavy (non-hydrogen) atoms. The van der Waals surface area contributed by atoms with Crippen molar-refractivity contribution in [3.63, 3.8) is 0 Å². The maximum atomic E-state index is 11.3. The third-order valence-corrected chi connectivity index (χ3v) is 3.42. The Balaban J connectivity index is 2.16. The Labute approximate surface area is 84.0 Å². The van der Waals surface area contributed by atoms with Gasteiger partial charge in [0.1, 0.15) is 0 Å². The molecule has 0 aromatic heterocycles. The minimum absolute atomic E-state index is 0.0122. The van der Waals surface area contributed by atoms with Gasteiger partial charge in [0.2, 0.25) is 0 Å². The van der Waals surface area contributed by atoms with Crippen molar-refractivity contribution < 1.29 is 4.79 Å². The number of nitrogens with one attached hydrogen (secondary N) is 2. The summed E-state index contributed by atoms with van der Waals surface area (Å²) in [5.74, 6) is 2.24. The van der Waals surface area contributed by atoms with Gasteiger partial charge in [-0.05, 0) is 25.5 Å². The summed E-state index contributed by atoms with van der Waals surface area (Å²) in [4.78, 5) is 11.3. The molecule has 1 heterocycles. The number of thioether (sulfide) groups is 1. The van der Waals surface area contributed by atoms with E-state index in [-0.39, 0.29) is 12.1 Å². The summed E-state index contributed by atoms with van der Waals surface area (Å²) in [6.07, 6.45) is 2.09. The fraction of sp³-hybridized carbons (Fsp3) is 0.889. The normalized spacial score (nSPS) is 24.0. The third kappa shape index (κ3) is 3.89. The predicted molar refractivity (Wildman–Crippen MR) is 57.2 cm³/mol. The number of urea groups is 1. The minimum atomic E-state index is -0.0122. The zero-order chi connectivity index (χ0) is 9.68. The van der Waals surface area contributed by atoms with Crippen LogP contribution in [-0.4, -0.2) is 29.6 Å². The summed E-state index contributed by atoms with van der Waals surface area (Å²) >= 11 is 1.91. The maximum absolute atomic E-state index is 11.3. The molecule has 2 unspecified atom stereocenters. The highest BCUT2D eigenvalue weighted by atomic mass is 32.2. The van der Waals surface area contributed by atoms with E-state index in [0.717, 1.165) is 18.6 Å².